The Morgan fingerprint density at radius 1 is 1.25 bits per heavy atom. The second-order valence-corrected chi connectivity index (χ2v) is 4.68. The van der Waals surface area contributed by atoms with E-state index in [1.807, 2.05) is 41.8 Å². The van der Waals surface area contributed by atoms with Crippen LogP contribution < -0.4 is 10.5 Å². The van der Waals surface area contributed by atoms with Crippen molar-refractivity contribution in [1.29, 1.82) is 0 Å². The maximum Gasteiger partial charge on any atom is 0.200 e. The maximum absolute atomic E-state index is 5.86. The summed E-state index contributed by atoms with van der Waals surface area (Å²) in [6, 6.07) is 9.94. The van der Waals surface area contributed by atoms with Crippen LogP contribution in [-0.4, -0.2) is 21.6 Å². The van der Waals surface area contributed by atoms with Crippen molar-refractivity contribution in [3.05, 3.63) is 47.9 Å². The molecule has 0 unspecified atom stereocenters. The van der Waals surface area contributed by atoms with E-state index in [9.17, 15) is 0 Å². The summed E-state index contributed by atoms with van der Waals surface area (Å²) >= 11 is 0. The van der Waals surface area contributed by atoms with Crippen LogP contribution in [0.3, 0.4) is 0 Å². The highest BCUT2D eigenvalue weighted by molar-refractivity contribution is 5.84. The smallest absolute Gasteiger partial charge is 0.200 e. The zero-order valence-electron chi connectivity index (χ0n) is 11.5. The van der Waals surface area contributed by atoms with Gasteiger partial charge in [-0.1, -0.05) is 18.2 Å². The molecule has 5 heteroatoms. The Bertz CT molecular complexity index is 744. The Morgan fingerprint density at radius 3 is 2.80 bits per heavy atom. The molecule has 20 heavy (non-hydrogen) atoms. The number of nitrogen functional groups attached to an aromatic ring is 1. The predicted octanol–water partition coefficient (Wildman–Crippen LogP) is 2.38. The van der Waals surface area contributed by atoms with Crippen LogP contribution in [-0.2, 0) is 6.54 Å². The standard InChI is InChI=1S/C15H16N4O/c1-10-8-17-15(16)19(10)9-12-7-6-11-4-3-5-13(20-2)14(11)18-12/h3-8H,9H2,1-2H3,(H2,16,17). The molecule has 3 rings (SSSR count). The van der Waals surface area contributed by atoms with Crippen LogP contribution in [0.1, 0.15) is 11.4 Å². The molecule has 102 valence electrons. The quantitative estimate of drug-likeness (QED) is 0.792. The second-order valence-electron chi connectivity index (χ2n) is 4.68. The Kier molecular flexibility index (Phi) is 3.02. The number of anilines is 1. The highest BCUT2D eigenvalue weighted by atomic mass is 16.5. The number of fused-ring (bicyclic) bond motifs is 1. The van der Waals surface area contributed by atoms with Gasteiger partial charge in [0.05, 0.1) is 25.5 Å². The van der Waals surface area contributed by atoms with E-state index in [1.54, 1.807) is 13.3 Å². The number of aromatic nitrogens is 3. The molecule has 0 aliphatic carbocycles. The fraction of sp³-hybridized carbons (Fsp3) is 0.200. The third-order valence-electron chi connectivity index (χ3n) is 3.37. The molecule has 2 N–H and O–H groups in total. The van der Waals surface area contributed by atoms with Gasteiger partial charge < -0.3 is 15.0 Å². The van der Waals surface area contributed by atoms with Gasteiger partial charge in [0.1, 0.15) is 11.3 Å². The Balaban J connectivity index is 2.05. The van der Waals surface area contributed by atoms with Gasteiger partial charge in [0.15, 0.2) is 0 Å². The van der Waals surface area contributed by atoms with Gasteiger partial charge in [-0.3, -0.25) is 0 Å². The number of imidazole rings is 1. The lowest BCUT2D eigenvalue weighted by Gasteiger charge is -2.09. The van der Waals surface area contributed by atoms with E-state index in [-0.39, 0.29) is 0 Å². The molecule has 2 aromatic heterocycles. The number of hydrogen-bond acceptors (Lipinski definition) is 4. The first-order valence-electron chi connectivity index (χ1n) is 6.39. The number of nitrogens with two attached hydrogens (primary N) is 1. The lowest BCUT2D eigenvalue weighted by atomic mass is 10.2. The molecule has 0 saturated heterocycles. The molecule has 0 aliphatic rings. The summed E-state index contributed by atoms with van der Waals surface area (Å²) < 4.78 is 7.29. The first-order chi connectivity index (χ1) is 9.69. The zero-order chi connectivity index (χ0) is 14.1. The number of rotatable bonds is 3. The molecule has 0 aliphatic heterocycles. The van der Waals surface area contributed by atoms with Crippen molar-refractivity contribution in [3.63, 3.8) is 0 Å². The van der Waals surface area contributed by atoms with E-state index in [0.717, 1.165) is 28.0 Å². The van der Waals surface area contributed by atoms with Crippen LogP contribution in [0, 0.1) is 6.92 Å². The first kappa shape index (κ1) is 12.5. The minimum absolute atomic E-state index is 0.504. The molecule has 3 aromatic rings. The minimum atomic E-state index is 0.504. The number of benzene rings is 1. The van der Waals surface area contributed by atoms with E-state index in [2.05, 4.69) is 9.97 Å². The van der Waals surface area contributed by atoms with Crippen molar-refractivity contribution in [2.75, 3.05) is 12.8 Å². The van der Waals surface area contributed by atoms with Crippen molar-refractivity contribution in [3.8, 4) is 5.75 Å². The van der Waals surface area contributed by atoms with Crippen molar-refractivity contribution < 1.29 is 4.74 Å². The number of pyridine rings is 1. The lowest BCUT2D eigenvalue weighted by molar-refractivity contribution is 0.419. The van der Waals surface area contributed by atoms with Crippen molar-refractivity contribution in [2.45, 2.75) is 13.5 Å². The van der Waals surface area contributed by atoms with Gasteiger partial charge in [-0.15, -0.1) is 0 Å². The highest BCUT2D eigenvalue weighted by Gasteiger charge is 2.08. The van der Waals surface area contributed by atoms with Crippen LogP contribution in [0.25, 0.3) is 10.9 Å². The highest BCUT2D eigenvalue weighted by Crippen LogP contribution is 2.24. The van der Waals surface area contributed by atoms with Gasteiger partial charge in [0.25, 0.3) is 0 Å². The van der Waals surface area contributed by atoms with Crippen LogP contribution in [0.4, 0.5) is 5.95 Å². The molecular weight excluding hydrogens is 252 g/mol. The fourth-order valence-corrected chi connectivity index (χ4v) is 2.26. The van der Waals surface area contributed by atoms with Gasteiger partial charge in [0, 0.05) is 11.1 Å². The monoisotopic (exact) mass is 268 g/mol. The van der Waals surface area contributed by atoms with E-state index in [4.69, 9.17) is 10.5 Å². The van der Waals surface area contributed by atoms with Crippen LogP contribution in [0.2, 0.25) is 0 Å². The molecule has 0 amide bonds. The fourth-order valence-electron chi connectivity index (χ4n) is 2.26. The molecule has 0 radical (unpaired) electrons. The van der Waals surface area contributed by atoms with Crippen molar-refractivity contribution >= 4 is 16.9 Å². The molecule has 0 bridgehead atoms. The molecule has 0 saturated carbocycles. The Hall–Kier alpha value is -2.56. The van der Waals surface area contributed by atoms with E-state index in [1.165, 1.54) is 0 Å². The predicted molar refractivity (Wildman–Crippen MR) is 78.8 cm³/mol. The maximum atomic E-state index is 5.86. The molecule has 0 spiro atoms. The third-order valence-corrected chi connectivity index (χ3v) is 3.37. The van der Waals surface area contributed by atoms with E-state index >= 15 is 0 Å². The number of nitrogens with zero attached hydrogens (tertiary/aromatic N) is 3. The average molecular weight is 268 g/mol. The summed E-state index contributed by atoms with van der Waals surface area (Å²) in [5.74, 6) is 1.28. The topological polar surface area (TPSA) is 66.0 Å². The average Bonchev–Trinajstić information content (AvgIpc) is 2.78. The van der Waals surface area contributed by atoms with Gasteiger partial charge in [-0.2, -0.15) is 0 Å². The Morgan fingerprint density at radius 2 is 2.10 bits per heavy atom. The third kappa shape index (κ3) is 2.07. The SMILES string of the molecule is COc1cccc2ccc(Cn3c(C)cnc3N)nc12. The largest absolute Gasteiger partial charge is 0.494 e. The second kappa shape index (κ2) is 4.85. The van der Waals surface area contributed by atoms with Gasteiger partial charge in [-0.25, -0.2) is 9.97 Å². The van der Waals surface area contributed by atoms with Crippen molar-refractivity contribution in [1.82, 2.24) is 14.5 Å². The summed E-state index contributed by atoms with van der Waals surface area (Å²) in [7, 11) is 1.65. The number of hydrogen-bond donors (Lipinski definition) is 1. The summed E-state index contributed by atoms with van der Waals surface area (Å²) in [6.45, 7) is 2.58. The molecule has 2 heterocycles. The molecule has 0 fully saturated rings. The summed E-state index contributed by atoms with van der Waals surface area (Å²) in [4.78, 5) is 8.77. The lowest BCUT2D eigenvalue weighted by Crippen LogP contribution is -2.07. The molecular formula is C15H16N4O. The van der Waals surface area contributed by atoms with Gasteiger partial charge in [0.2, 0.25) is 5.95 Å². The molecule has 5 nitrogen and oxygen atoms in total. The summed E-state index contributed by atoms with van der Waals surface area (Å²) in [5, 5.41) is 1.06. The van der Waals surface area contributed by atoms with Crippen molar-refractivity contribution in [2.24, 2.45) is 0 Å². The molecule has 0 atom stereocenters. The Labute approximate surface area is 117 Å². The zero-order valence-corrected chi connectivity index (χ0v) is 11.5. The summed E-state index contributed by atoms with van der Waals surface area (Å²) in [5.41, 5.74) is 8.67. The molecule has 1 aromatic carbocycles. The first-order valence-corrected chi connectivity index (χ1v) is 6.39. The summed E-state index contributed by atoms with van der Waals surface area (Å²) in [6.07, 6.45) is 1.76. The van der Waals surface area contributed by atoms with E-state index < -0.39 is 0 Å². The van der Waals surface area contributed by atoms with Gasteiger partial charge >= 0.3 is 0 Å². The number of ether oxygens (including phenoxy) is 1. The van der Waals surface area contributed by atoms with Gasteiger partial charge in [-0.05, 0) is 19.1 Å². The number of aryl methyl sites for hydroxylation is 1. The number of methoxy groups -OCH3 is 1. The van der Waals surface area contributed by atoms with Crippen LogP contribution in [0.5, 0.6) is 5.75 Å². The van der Waals surface area contributed by atoms with E-state index in [0.29, 0.717) is 12.5 Å². The number of para-hydroxylation sites is 1. The van der Waals surface area contributed by atoms with Crippen LogP contribution >= 0.6 is 0 Å². The minimum Gasteiger partial charge on any atom is -0.494 e. The normalized spacial score (nSPS) is 10.9. The van der Waals surface area contributed by atoms with Crippen LogP contribution in [0.15, 0.2) is 36.5 Å².